The SMILES string of the molecule is CCCCCCC(C)[Si]c1ccccc1. The molecule has 1 heteroatoms. The van der Waals surface area contributed by atoms with Gasteiger partial charge >= 0.3 is 0 Å². The van der Waals surface area contributed by atoms with Gasteiger partial charge in [0.05, 0.1) is 9.52 Å². The zero-order valence-corrected chi connectivity index (χ0v) is 11.0. The van der Waals surface area contributed by atoms with E-state index in [1.165, 1.54) is 37.3 Å². The Hall–Kier alpha value is -0.563. The molecule has 0 bridgehead atoms. The van der Waals surface area contributed by atoms with Crippen molar-refractivity contribution >= 4 is 14.7 Å². The monoisotopic (exact) mass is 218 g/mol. The summed E-state index contributed by atoms with van der Waals surface area (Å²) < 4.78 is 0. The standard InChI is InChI=1S/C14H22Si/c1-3-4-5-7-10-13(2)15-14-11-8-6-9-12-14/h6,8-9,11-13H,3-5,7,10H2,1-2H3. The highest BCUT2D eigenvalue weighted by Gasteiger charge is 2.04. The Morgan fingerprint density at radius 1 is 1.07 bits per heavy atom. The third-order valence-corrected chi connectivity index (χ3v) is 4.13. The first-order chi connectivity index (χ1) is 7.33. The molecule has 1 rings (SSSR count). The molecule has 0 fully saturated rings. The molecule has 0 N–H and O–H groups in total. The summed E-state index contributed by atoms with van der Waals surface area (Å²) in [6.45, 7) is 4.66. The molecular formula is C14H22Si. The number of benzene rings is 1. The van der Waals surface area contributed by atoms with Crippen LogP contribution in [0.25, 0.3) is 0 Å². The van der Waals surface area contributed by atoms with Gasteiger partial charge in [-0.1, -0.05) is 81.5 Å². The molecule has 2 radical (unpaired) electrons. The number of hydrogen-bond acceptors (Lipinski definition) is 0. The lowest BCUT2D eigenvalue weighted by molar-refractivity contribution is 0.623. The van der Waals surface area contributed by atoms with Crippen LogP contribution < -0.4 is 5.19 Å². The van der Waals surface area contributed by atoms with E-state index in [4.69, 9.17) is 0 Å². The molecule has 15 heavy (non-hydrogen) atoms. The number of hydrogen-bond donors (Lipinski definition) is 0. The lowest BCUT2D eigenvalue weighted by atomic mass is 10.1. The van der Waals surface area contributed by atoms with Crippen molar-refractivity contribution in [1.82, 2.24) is 0 Å². The summed E-state index contributed by atoms with van der Waals surface area (Å²) in [7, 11) is 0.990. The Labute approximate surface area is 96.9 Å². The van der Waals surface area contributed by atoms with Crippen molar-refractivity contribution < 1.29 is 0 Å². The molecule has 0 aliphatic rings. The lowest BCUT2D eigenvalue weighted by Gasteiger charge is -2.09. The van der Waals surface area contributed by atoms with Crippen molar-refractivity contribution in [2.75, 3.05) is 0 Å². The Bertz CT molecular complexity index is 243. The van der Waals surface area contributed by atoms with E-state index in [9.17, 15) is 0 Å². The second kappa shape index (κ2) is 7.69. The molecule has 1 atom stereocenters. The van der Waals surface area contributed by atoms with Gasteiger partial charge in [-0.2, -0.15) is 0 Å². The second-order valence-electron chi connectivity index (χ2n) is 4.26. The average Bonchev–Trinajstić information content (AvgIpc) is 2.26. The van der Waals surface area contributed by atoms with Gasteiger partial charge in [0, 0.05) is 0 Å². The molecular weight excluding hydrogens is 196 g/mol. The summed E-state index contributed by atoms with van der Waals surface area (Å²) in [5.74, 6) is 0. The van der Waals surface area contributed by atoms with Gasteiger partial charge in [-0.15, -0.1) is 0 Å². The Morgan fingerprint density at radius 3 is 2.47 bits per heavy atom. The van der Waals surface area contributed by atoms with Gasteiger partial charge in [-0.25, -0.2) is 0 Å². The minimum Gasteiger partial charge on any atom is -0.0654 e. The summed E-state index contributed by atoms with van der Waals surface area (Å²) >= 11 is 0. The van der Waals surface area contributed by atoms with Gasteiger partial charge in [-0.3, -0.25) is 0 Å². The quantitative estimate of drug-likeness (QED) is 0.482. The van der Waals surface area contributed by atoms with Gasteiger partial charge < -0.3 is 0 Å². The number of rotatable bonds is 7. The van der Waals surface area contributed by atoms with E-state index >= 15 is 0 Å². The lowest BCUT2D eigenvalue weighted by Crippen LogP contribution is -2.17. The molecule has 0 aromatic heterocycles. The van der Waals surface area contributed by atoms with Gasteiger partial charge in [-0.05, 0) is 5.54 Å². The molecule has 0 saturated carbocycles. The molecule has 1 aromatic carbocycles. The molecule has 0 saturated heterocycles. The smallest absolute Gasteiger partial charge is 0.0654 e. The molecule has 82 valence electrons. The summed E-state index contributed by atoms with van der Waals surface area (Å²) in [5, 5.41) is 1.51. The van der Waals surface area contributed by atoms with E-state index in [-0.39, 0.29) is 0 Å². The summed E-state index contributed by atoms with van der Waals surface area (Å²) in [5.41, 5.74) is 0.865. The maximum Gasteiger partial charge on any atom is 0.0839 e. The van der Waals surface area contributed by atoms with Crippen LogP contribution in [0.15, 0.2) is 30.3 Å². The first kappa shape index (κ1) is 12.5. The third kappa shape index (κ3) is 5.78. The first-order valence-corrected chi connectivity index (χ1v) is 7.22. The molecule has 1 aromatic rings. The first-order valence-electron chi connectivity index (χ1n) is 6.14. The molecule has 0 amide bonds. The fraction of sp³-hybridized carbons (Fsp3) is 0.571. The zero-order valence-electron chi connectivity index (χ0n) is 10.00. The molecule has 0 nitrogen and oxygen atoms in total. The van der Waals surface area contributed by atoms with Gasteiger partial charge in [0.2, 0.25) is 0 Å². The largest absolute Gasteiger partial charge is 0.0839 e. The summed E-state index contributed by atoms with van der Waals surface area (Å²) in [4.78, 5) is 0. The van der Waals surface area contributed by atoms with Gasteiger partial charge in [0.1, 0.15) is 0 Å². The topological polar surface area (TPSA) is 0 Å². The van der Waals surface area contributed by atoms with E-state index < -0.39 is 0 Å². The van der Waals surface area contributed by atoms with Crippen LogP contribution in [-0.4, -0.2) is 9.52 Å². The van der Waals surface area contributed by atoms with Crippen molar-refractivity contribution in [3.05, 3.63) is 30.3 Å². The minimum atomic E-state index is 0.865. The molecule has 1 unspecified atom stereocenters. The van der Waals surface area contributed by atoms with Crippen molar-refractivity contribution in [2.45, 2.75) is 51.5 Å². The van der Waals surface area contributed by atoms with Gasteiger partial charge in [0.25, 0.3) is 0 Å². The third-order valence-electron chi connectivity index (χ3n) is 2.68. The summed E-state index contributed by atoms with van der Waals surface area (Å²) in [6, 6.07) is 10.9. The minimum absolute atomic E-state index is 0.865. The highest BCUT2D eigenvalue weighted by atomic mass is 28.2. The van der Waals surface area contributed by atoms with E-state index in [0.29, 0.717) is 0 Å². The van der Waals surface area contributed by atoms with E-state index in [0.717, 1.165) is 15.1 Å². The molecule has 0 heterocycles. The van der Waals surface area contributed by atoms with Crippen LogP contribution in [0.2, 0.25) is 5.54 Å². The number of unbranched alkanes of at least 4 members (excludes halogenated alkanes) is 3. The van der Waals surface area contributed by atoms with Crippen molar-refractivity contribution in [3.8, 4) is 0 Å². The van der Waals surface area contributed by atoms with Crippen LogP contribution in [0.5, 0.6) is 0 Å². The van der Waals surface area contributed by atoms with Crippen molar-refractivity contribution in [3.63, 3.8) is 0 Å². The average molecular weight is 218 g/mol. The fourth-order valence-electron chi connectivity index (χ4n) is 1.77. The van der Waals surface area contributed by atoms with Crippen LogP contribution in [0.4, 0.5) is 0 Å². The Kier molecular flexibility index (Phi) is 6.41. The fourth-order valence-corrected chi connectivity index (χ4v) is 3.07. The maximum atomic E-state index is 2.39. The van der Waals surface area contributed by atoms with E-state index in [1.54, 1.807) is 0 Å². The Morgan fingerprint density at radius 2 is 1.80 bits per heavy atom. The van der Waals surface area contributed by atoms with Crippen LogP contribution in [0.3, 0.4) is 0 Å². The van der Waals surface area contributed by atoms with Crippen LogP contribution >= 0.6 is 0 Å². The normalized spacial score (nSPS) is 12.7. The Balaban J connectivity index is 2.16. The summed E-state index contributed by atoms with van der Waals surface area (Å²) in [6.07, 6.45) is 6.97. The van der Waals surface area contributed by atoms with Crippen LogP contribution in [-0.2, 0) is 0 Å². The second-order valence-corrected chi connectivity index (χ2v) is 6.11. The van der Waals surface area contributed by atoms with Crippen molar-refractivity contribution in [1.29, 1.82) is 0 Å². The molecule has 0 aliphatic heterocycles. The van der Waals surface area contributed by atoms with E-state index in [1.807, 2.05) is 0 Å². The van der Waals surface area contributed by atoms with Crippen molar-refractivity contribution in [2.24, 2.45) is 0 Å². The predicted molar refractivity (Wildman–Crippen MR) is 70.0 cm³/mol. The van der Waals surface area contributed by atoms with Crippen LogP contribution in [0.1, 0.15) is 46.0 Å². The predicted octanol–water partition coefficient (Wildman–Crippen LogP) is 3.79. The highest BCUT2D eigenvalue weighted by Crippen LogP contribution is 2.13. The maximum absolute atomic E-state index is 2.39. The van der Waals surface area contributed by atoms with Crippen LogP contribution in [0, 0.1) is 0 Å². The molecule has 0 spiro atoms. The van der Waals surface area contributed by atoms with Gasteiger partial charge in [0.15, 0.2) is 0 Å². The highest BCUT2D eigenvalue weighted by molar-refractivity contribution is 6.54. The molecule has 0 aliphatic carbocycles. The van der Waals surface area contributed by atoms with E-state index in [2.05, 4.69) is 44.2 Å². The zero-order chi connectivity index (χ0) is 10.9.